The van der Waals surface area contributed by atoms with E-state index < -0.39 is 4.92 Å². The molecule has 0 fully saturated rings. The van der Waals surface area contributed by atoms with Crippen molar-refractivity contribution in [3.05, 3.63) is 33.7 Å². The van der Waals surface area contributed by atoms with E-state index >= 15 is 0 Å². The maximum Gasteiger partial charge on any atom is 0.270 e. The summed E-state index contributed by atoms with van der Waals surface area (Å²) in [5, 5.41) is 13.3. The Morgan fingerprint density at radius 3 is 3.00 bits per heavy atom. The first-order chi connectivity index (χ1) is 7.22. The maximum absolute atomic E-state index is 10.6. The first-order valence-electron chi connectivity index (χ1n) is 4.51. The fraction of sp³-hybridized carbons (Fsp3) is 0.200. The Kier molecular flexibility index (Phi) is 2.55. The molecule has 0 aliphatic carbocycles. The van der Waals surface area contributed by atoms with Crippen molar-refractivity contribution in [3.8, 4) is 5.75 Å². The zero-order valence-corrected chi connectivity index (χ0v) is 8.91. The highest BCUT2D eigenvalue weighted by Gasteiger charge is 2.10. The van der Waals surface area contributed by atoms with Crippen molar-refractivity contribution >= 4 is 27.1 Å². The zero-order chi connectivity index (χ0) is 10.8. The highest BCUT2D eigenvalue weighted by Crippen LogP contribution is 2.34. The number of hydrogen-bond donors (Lipinski definition) is 0. The molecule has 2 aromatic rings. The Morgan fingerprint density at radius 2 is 2.33 bits per heavy atom. The van der Waals surface area contributed by atoms with Crippen LogP contribution in [0.2, 0.25) is 0 Å². The van der Waals surface area contributed by atoms with Crippen LogP contribution >= 0.6 is 11.3 Å². The molecule has 0 aliphatic rings. The Labute approximate surface area is 90.2 Å². The predicted molar refractivity (Wildman–Crippen MR) is 59.6 cm³/mol. The number of nitro benzene ring substituents is 1. The third-order valence-corrected chi connectivity index (χ3v) is 2.97. The average Bonchev–Trinajstić information content (AvgIpc) is 2.61. The monoisotopic (exact) mass is 223 g/mol. The molecule has 5 heteroatoms. The third-order valence-electron chi connectivity index (χ3n) is 2.03. The van der Waals surface area contributed by atoms with E-state index in [0.717, 1.165) is 15.8 Å². The molecule has 0 radical (unpaired) electrons. The minimum atomic E-state index is -0.396. The molecule has 0 spiro atoms. The first kappa shape index (κ1) is 9.92. The smallest absolute Gasteiger partial charge is 0.270 e. The highest BCUT2D eigenvalue weighted by molar-refractivity contribution is 7.17. The van der Waals surface area contributed by atoms with Crippen LogP contribution in [0.5, 0.6) is 5.75 Å². The molecule has 0 aliphatic heterocycles. The van der Waals surface area contributed by atoms with Gasteiger partial charge in [0.15, 0.2) is 0 Å². The second kappa shape index (κ2) is 3.86. The van der Waals surface area contributed by atoms with Crippen LogP contribution in [0, 0.1) is 10.1 Å². The van der Waals surface area contributed by atoms with E-state index in [1.165, 1.54) is 17.4 Å². The summed E-state index contributed by atoms with van der Waals surface area (Å²) in [6.45, 7) is 2.45. The summed E-state index contributed by atoms with van der Waals surface area (Å²) in [6, 6.07) is 4.81. The van der Waals surface area contributed by atoms with Crippen molar-refractivity contribution in [2.24, 2.45) is 0 Å². The van der Waals surface area contributed by atoms with Gasteiger partial charge >= 0.3 is 0 Å². The van der Waals surface area contributed by atoms with Gasteiger partial charge in [0.2, 0.25) is 0 Å². The van der Waals surface area contributed by atoms with Crippen LogP contribution in [0.4, 0.5) is 5.69 Å². The van der Waals surface area contributed by atoms with E-state index in [4.69, 9.17) is 4.74 Å². The number of rotatable bonds is 3. The van der Waals surface area contributed by atoms with Gasteiger partial charge in [0.1, 0.15) is 5.75 Å². The predicted octanol–water partition coefficient (Wildman–Crippen LogP) is 3.21. The largest absolute Gasteiger partial charge is 0.492 e. The Balaban J connectivity index is 2.56. The quantitative estimate of drug-likeness (QED) is 0.593. The van der Waals surface area contributed by atoms with Gasteiger partial charge in [-0.25, -0.2) is 0 Å². The van der Waals surface area contributed by atoms with E-state index in [9.17, 15) is 10.1 Å². The van der Waals surface area contributed by atoms with Gasteiger partial charge in [-0.05, 0) is 13.0 Å². The molecule has 1 heterocycles. The lowest BCUT2D eigenvalue weighted by molar-refractivity contribution is -0.384. The van der Waals surface area contributed by atoms with Gasteiger partial charge in [0.25, 0.3) is 5.69 Å². The van der Waals surface area contributed by atoms with Crippen LogP contribution in [-0.4, -0.2) is 11.5 Å². The molecule has 0 bridgehead atoms. The van der Waals surface area contributed by atoms with Gasteiger partial charge in [-0.2, -0.15) is 0 Å². The van der Waals surface area contributed by atoms with Crippen LogP contribution < -0.4 is 4.74 Å². The number of fused-ring (bicyclic) bond motifs is 1. The lowest BCUT2D eigenvalue weighted by Gasteiger charge is -1.99. The van der Waals surface area contributed by atoms with Crippen LogP contribution in [0.15, 0.2) is 23.6 Å². The molecule has 1 aromatic carbocycles. The Morgan fingerprint density at radius 1 is 1.53 bits per heavy atom. The molecule has 0 amide bonds. The topological polar surface area (TPSA) is 52.4 Å². The van der Waals surface area contributed by atoms with E-state index in [0.29, 0.717) is 6.61 Å². The average molecular weight is 223 g/mol. The SMILES string of the molecule is CCOc1csc2ccc([N+](=O)[O-])cc12. The molecule has 78 valence electrons. The van der Waals surface area contributed by atoms with Crippen molar-refractivity contribution in [1.82, 2.24) is 0 Å². The van der Waals surface area contributed by atoms with Crippen molar-refractivity contribution < 1.29 is 9.66 Å². The first-order valence-corrected chi connectivity index (χ1v) is 5.38. The molecule has 0 saturated heterocycles. The summed E-state index contributed by atoms with van der Waals surface area (Å²) in [5.41, 5.74) is 0.0989. The van der Waals surface area contributed by atoms with Crippen LogP contribution in [0.1, 0.15) is 6.92 Å². The highest BCUT2D eigenvalue weighted by atomic mass is 32.1. The minimum absolute atomic E-state index is 0.0989. The maximum atomic E-state index is 10.6. The van der Waals surface area contributed by atoms with E-state index in [1.807, 2.05) is 12.3 Å². The summed E-state index contributed by atoms with van der Waals surface area (Å²) in [5.74, 6) is 0.723. The third kappa shape index (κ3) is 1.78. The fourth-order valence-corrected chi connectivity index (χ4v) is 2.24. The van der Waals surface area contributed by atoms with E-state index in [2.05, 4.69) is 0 Å². The summed E-state index contributed by atoms with van der Waals surface area (Å²) in [7, 11) is 0. The summed E-state index contributed by atoms with van der Waals surface area (Å²) < 4.78 is 6.39. The molecule has 0 saturated carbocycles. The molecular weight excluding hydrogens is 214 g/mol. The van der Waals surface area contributed by atoms with Crippen molar-refractivity contribution in [2.45, 2.75) is 6.92 Å². The van der Waals surface area contributed by atoms with Crippen LogP contribution in [-0.2, 0) is 0 Å². The van der Waals surface area contributed by atoms with Crippen molar-refractivity contribution in [2.75, 3.05) is 6.61 Å². The number of non-ortho nitro benzene ring substituents is 1. The molecule has 1 aromatic heterocycles. The number of nitro groups is 1. The van der Waals surface area contributed by atoms with Crippen molar-refractivity contribution in [3.63, 3.8) is 0 Å². The van der Waals surface area contributed by atoms with Gasteiger partial charge in [-0.15, -0.1) is 11.3 Å². The summed E-state index contributed by atoms with van der Waals surface area (Å²) in [4.78, 5) is 10.2. The van der Waals surface area contributed by atoms with Gasteiger partial charge in [-0.3, -0.25) is 10.1 Å². The fourth-order valence-electron chi connectivity index (χ4n) is 1.37. The van der Waals surface area contributed by atoms with Crippen LogP contribution in [0.3, 0.4) is 0 Å². The molecule has 2 rings (SSSR count). The van der Waals surface area contributed by atoms with Crippen molar-refractivity contribution in [1.29, 1.82) is 0 Å². The number of nitrogens with zero attached hydrogens (tertiary/aromatic N) is 1. The van der Waals surface area contributed by atoms with E-state index in [-0.39, 0.29) is 5.69 Å². The van der Waals surface area contributed by atoms with E-state index in [1.54, 1.807) is 12.1 Å². The second-order valence-electron chi connectivity index (χ2n) is 2.97. The lowest BCUT2D eigenvalue weighted by atomic mass is 10.2. The minimum Gasteiger partial charge on any atom is -0.492 e. The Bertz CT molecular complexity index is 506. The number of ether oxygens (including phenoxy) is 1. The number of thiophene rings is 1. The van der Waals surface area contributed by atoms with Gasteiger partial charge in [-0.1, -0.05) is 0 Å². The van der Waals surface area contributed by atoms with Gasteiger partial charge in [0, 0.05) is 27.6 Å². The number of benzene rings is 1. The van der Waals surface area contributed by atoms with Gasteiger partial charge in [0.05, 0.1) is 11.5 Å². The number of hydrogen-bond acceptors (Lipinski definition) is 4. The van der Waals surface area contributed by atoms with Crippen LogP contribution in [0.25, 0.3) is 10.1 Å². The molecular formula is C10H9NO3S. The molecule has 0 N–H and O–H groups in total. The standard InChI is InChI=1S/C10H9NO3S/c1-2-14-9-6-15-10-4-3-7(11(12)13)5-8(9)10/h3-6H,2H2,1H3. The second-order valence-corrected chi connectivity index (χ2v) is 3.88. The molecule has 4 nitrogen and oxygen atoms in total. The molecule has 15 heavy (non-hydrogen) atoms. The molecule has 0 atom stereocenters. The zero-order valence-electron chi connectivity index (χ0n) is 8.10. The molecule has 0 unspecified atom stereocenters. The Hall–Kier alpha value is -1.62. The van der Waals surface area contributed by atoms with Gasteiger partial charge < -0.3 is 4.74 Å². The normalized spacial score (nSPS) is 10.5. The summed E-state index contributed by atoms with van der Waals surface area (Å²) in [6.07, 6.45) is 0. The lowest BCUT2D eigenvalue weighted by Crippen LogP contribution is -1.90. The summed E-state index contributed by atoms with van der Waals surface area (Å²) >= 11 is 1.53.